The summed E-state index contributed by atoms with van der Waals surface area (Å²) in [5.41, 5.74) is 1.77. The third kappa shape index (κ3) is 1.82. The van der Waals surface area contributed by atoms with E-state index in [1.54, 1.807) is 13.2 Å². The first kappa shape index (κ1) is 11.4. The maximum atomic E-state index is 9.82. The number of aromatic hydroxyl groups is 1. The number of methoxy groups -OCH3 is 2. The summed E-state index contributed by atoms with van der Waals surface area (Å²) in [5, 5.41) is 10.7. The first-order valence-electron chi connectivity index (χ1n) is 5.30. The van der Waals surface area contributed by atoms with E-state index in [4.69, 9.17) is 9.47 Å². The molecule has 0 bridgehead atoms. The third-order valence-corrected chi connectivity index (χ3v) is 2.58. The summed E-state index contributed by atoms with van der Waals surface area (Å²) in [6, 6.07) is 3.59. The fraction of sp³-hybridized carbons (Fsp3) is 0.231. The van der Waals surface area contributed by atoms with Gasteiger partial charge in [-0.15, -0.1) is 0 Å². The van der Waals surface area contributed by atoms with E-state index in [1.807, 2.05) is 25.1 Å². The first-order chi connectivity index (χ1) is 8.21. The molecule has 0 aliphatic heterocycles. The van der Waals surface area contributed by atoms with Gasteiger partial charge in [0.25, 0.3) is 0 Å². The molecule has 0 radical (unpaired) electrons. The molecule has 1 heterocycles. The molecule has 1 aromatic heterocycles. The molecule has 0 atom stereocenters. The Hall–Kier alpha value is -2.10. The van der Waals surface area contributed by atoms with Gasteiger partial charge in [-0.25, -0.2) is 0 Å². The number of fused-ring (bicyclic) bond motifs is 1. The number of aromatic nitrogens is 1. The van der Waals surface area contributed by atoms with E-state index in [0.29, 0.717) is 11.5 Å². The summed E-state index contributed by atoms with van der Waals surface area (Å²) in [7, 11) is 3.05. The summed E-state index contributed by atoms with van der Waals surface area (Å²) >= 11 is 0. The van der Waals surface area contributed by atoms with Crippen molar-refractivity contribution in [1.29, 1.82) is 0 Å². The number of H-pyrrole nitrogens is 1. The minimum atomic E-state index is 0.0721. The van der Waals surface area contributed by atoms with Crippen LogP contribution in [0, 0.1) is 0 Å². The van der Waals surface area contributed by atoms with Crippen LogP contribution in [0.3, 0.4) is 0 Å². The van der Waals surface area contributed by atoms with Crippen LogP contribution in [0.25, 0.3) is 17.0 Å². The topological polar surface area (TPSA) is 54.5 Å². The lowest BCUT2D eigenvalue weighted by Gasteiger charge is -2.09. The lowest BCUT2D eigenvalue weighted by Crippen LogP contribution is -1.92. The molecule has 2 N–H and O–H groups in total. The van der Waals surface area contributed by atoms with Gasteiger partial charge in [0, 0.05) is 11.1 Å². The minimum Gasteiger partial charge on any atom is -0.504 e. The average molecular weight is 233 g/mol. The van der Waals surface area contributed by atoms with Crippen molar-refractivity contribution >= 4 is 17.0 Å². The fourth-order valence-electron chi connectivity index (χ4n) is 1.90. The van der Waals surface area contributed by atoms with Crippen molar-refractivity contribution in [2.75, 3.05) is 14.2 Å². The molecule has 0 unspecified atom stereocenters. The Bertz CT molecular complexity index is 570. The van der Waals surface area contributed by atoms with E-state index in [0.717, 1.165) is 16.6 Å². The molecule has 0 aliphatic carbocycles. The van der Waals surface area contributed by atoms with Crippen molar-refractivity contribution in [3.8, 4) is 17.2 Å². The molecule has 90 valence electrons. The monoisotopic (exact) mass is 233 g/mol. The number of nitrogens with one attached hydrogen (secondary N) is 1. The summed E-state index contributed by atoms with van der Waals surface area (Å²) in [5.74, 6) is 0.926. The van der Waals surface area contributed by atoms with Crippen molar-refractivity contribution in [3.63, 3.8) is 0 Å². The van der Waals surface area contributed by atoms with Crippen LogP contribution in [0.4, 0.5) is 0 Å². The van der Waals surface area contributed by atoms with E-state index in [9.17, 15) is 5.11 Å². The highest BCUT2D eigenvalue weighted by molar-refractivity contribution is 5.92. The largest absolute Gasteiger partial charge is 0.504 e. The van der Waals surface area contributed by atoms with Crippen molar-refractivity contribution in [1.82, 2.24) is 4.98 Å². The van der Waals surface area contributed by atoms with Gasteiger partial charge in [-0.1, -0.05) is 6.08 Å². The second-order valence-corrected chi connectivity index (χ2v) is 3.65. The molecule has 2 rings (SSSR count). The summed E-state index contributed by atoms with van der Waals surface area (Å²) in [6.07, 6.45) is 3.89. The Morgan fingerprint density at radius 1 is 1.18 bits per heavy atom. The molecule has 0 saturated heterocycles. The number of hydrogen-bond acceptors (Lipinski definition) is 3. The molecule has 0 saturated carbocycles. The van der Waals surface area contributed by atoms with Crippen LogP contribution in [0.1, 0.15) is 12.6 Å². The van der Waals surface area contributed by atoms with Crippen molar-refractivity contribution in [2.24, 2.45) is 0 Å². The number of aromatic amines is 1. The zero-order valence-electron chi connectivity index (χ0n) is 10.1. The van der Waals surface area contributed by atoms with E-state index in [2.05, 4.69) is 4.98 Å². The molecular weight excluding hydrogens is 218 g/mol. The lowest BCUT2D eigenvalue weighted by molar-refractivity contribution is 0.336. The number of hydrogen-bond donors (Lipinski definition) is 2. The molecule has 2 aromatic rings. The standard InChI is InChI=1S/C13H15NO3/c1-4-5-9-6-8-7-10(15)12(16-2)13(17-3)11(8)14-9/h4-7,14-15H,1-3H3/b5-4+. The Kier molecular flexibility index (Phi) is 2.95. The molecular formula is C13H15NO3. The summed E-state index contributed by atoms with van der Waals surface area (Å²) in [6.45, 7) is 1.95. The normalized spacial score (nSPS) is 11.2. The van der Waals surface area contributed by atoms with Gasteiger partial charge in [-0.2, -0.15) is 0 Å². The summed E-state index contributed by atoms with van der Waals surface area (Å²) < 4.78 is 10.4. The van der Waals surface area contributed by atoms with Crippen LogP contribution in [-0.2, 0) is 0 Å². The third-order valence-electron chi connectivity index (χ3n) is 2.58. The van der Waals surface area contributed by atoms with Gasteiger partial charge in [-0.3, -0.25) is 0 Å². The SMILES string of the molecule is C/C=C/c1cc2cc(O)c(OC)c(OC)c2[nH]1. The highest BCUT2D eigenvalue weighted by Crippen LogP contribution is 2.42. The summed E-state index contributed by atoms with van der Waals surface area (Å²) in [4.78, 5) is 3.22. The van der Waals surface area contributed by atoms with Gasteiger partial charge < -0.3 is 19.6 Å². The Labute approximate surface area is 99.5 Å². The molecule has 17 heavy (non-hydrogen) atoms. The number of allylic oxidation sites excluding steroid dienone is 1. The van der Waals surface area contributed by atoms with Gasteiger partial charge >= 0.3 is 0 Å². The number of rotatable bonds is 3. The van der Waals surface area contributed by atoms with Crippen molar-refractivity contribution < 1.29 is 14.6 Å². The average Bonchev–Trinajstić information content (AvgIpc) is 2.69. The highest BCUT2D eigenvalue weighted by Gasteiger charge is 2.16. The predicted octanol–water partition coefficient (Wildman–Crippen LogP) is 2.92. The van der Waals surface area contributed by atoms with Crippen LogP contribution in [-0.4, -0.2) is 24.3 Å². The van der Waals surface area contributed by atoms with Crippen LogP contribution < -0.4 is 9.47 Å². The maximum absolute atomic E-state index is 9.82. The molecule has 0 spiro atoms. The second-order valence-electron chi connectivity index (χ2n) is 3.65. The van der Waals surface area contributed by atoms with Gasteiger partial charge in [0.15, 0.2) is 11.5 Å². The van der Waals surface area contributed by atoms with Gasteiger partial charge in [0.2, 0.25) is 5.75 Å². The predicted molar refractivity (Wildman–Crippen MR) is 67.8 cm³/mol. The fourth-order valence-corrected chi connectivity index (χ4v) is 1.90. The molecule has 0 aliphatic rings. The lowest BCUT2D eigenvalue weighted by atomic mass is 10.2. The number of phenols is 1. The smallest absolute Gasteiger partial charge is 0.205 e. The molecule has 0 amide bonds. The molecule has 4 nitrogen and oxygen atoms in total. The molecule has 0 fully saturated rings. The van der Waals surface area contributed by atoms with E-state index >= 15 is 0 Å². The number of ether oxygens (including phenoxy) is 2. The number of phenolic OH excluding ortho intramolecular Hbond substituents is 1. The second kappa shape index (κ2) is 4.41. The Morgan fingerprint density at radius 3 is 2.47 bits per heavy atom. The van der Waals surface area contributed by atoms with E-state index in [1.165, 1.54) is 7.11 Å². The Morgan fingerprint density at radius 2 is 1.88 bits per heavy atom. The van der Waals surface area contributed by atoms with Crippen LogP contribution >= 0.6 is 0 Å². The zero-order chi connectivity index (χ0) is 12.4. The quantitative estimate of drug-likeness (QED) is 0.857. The minimum absolute atomic E-state index is 0.0721. The van der Waals surface area contributed by atoms with Crippen molar-refractivity contribution in [2.45, 2.75) is 6.92 Å². The maximum Gasteiger partial charge on any atom is 0.205 e. The highest BCUT2D eigenvalue weighted by atomic mass is 16.5. The Balaban J connectivity index is 2.75. The van der Waals surface area contributed by atoms with Gasteiger partial charge in [-0.05, 0) is 25.1 Å². The van der Waals surface area contributed by atoms with Crippen LogP contribution in [0.5, 0.6) is 17.2 Å². The van der Waals surface area contributed by atoms with Gasteiger partial charge in [0.1, 0.15) is 0 Å². The van der Waals surface area contributed by atoms with Crippen molar-refractivity contribution in [3.05, 3.63) is 23.9 Å². The molecule has 4 heteroatoms. The van der Waals surface area contributed by atoms with E-state index in [-0.39, 0.29) is 5.75 Å². The van der Waals surface area contributed by atoms with Gasteiger partial charge in [0.05, 0.1) is 19.7 Å². The molecule has 1 aromatic carbocycles. The van der Waals surface area contributed by atoms with Crippen LogP contribution in [0.2, 0.25) is 0 Å². The zero-order valence-corrected chi connectivity index (χ0v) is 10.1. The first-order valence-corrected chi connectivity index (χ1v) is 5.30. The number of benzene rings is 1. The van der Waals surface area contributed by atoms with Crippen LogP contribution in [0.15, 0.2) is 18.2 Å². The van der Waals surface area contributed by atoms with E-state index < -0.39 is 0 Å².